The molecular formula is C10H12O2. The predicted molar refractivity (Wildman–Crippen MR) is 47.9 cm³/mol. The van der Waals surface area contributed by atoms with E-state index in [4.69, 9.17) is 4.74 Å². The molecule has 0 N–H and O–H groups in total. The number of hydrogen-bond acceptors (Lipinski definition) is 2. The lowest BCUT2D eigenvalue weighted by Crippen LogP contribution is -1.93. The normalized spacial score (nSPS) is 9.58. The lowest BCUT2D eigenvalue weighted by molar-refractivity contribution is 0.112. The number of carbonyl (C=O) groups excluding carboxylic acids is 1. The van der Waals surface area contributed by atoms with Crippen LogP contribution >= 0.6 is 0 Å². The van der Waals surface area contributed by atoms with Gasteiger partial charge in [0, 0.05) is 0 Å². The van der Waals surface area contributed by atoms with E-state index >= 15 is 0 Å². The van der Waals surface area contributed by atoms with Crippen molar-refractivity contribution in [2.75, 3.05) is 7.11 Å². The Morgan fingerprint density at radius 3 is 2.33 bits per heavy atom. The summed E-state index contributed by atoms with van der Waals surface area (Å²) in [6.45, 7) is 3.97. The van der Waals surface area contributed by atoms with Crippen molar-refractivity contribution in [3.05, 3.63) is 28.8 Å². The molecule has 0 saturated heterocycles. The van der Waals surface area contributed by atoms with E-state index in [1.54, 1.807) is 7.11 Å². The highest BCUT2D eigenvalue weighted by atomic mass is 16.5. The topological polar surface area (TPSA) is 26.3 Å². The van der Waals surface area contributed by atoms with Gasteiger partial charge in [-0.05, 0) is 37.1 Å². The Kier molecular flexibility index (Phi) is 2.48. The standard InChI is InChI=1S/C10H12O2/c1-7-4-9(6-11)10(12-3)5-8(7)2/h4-6H,1-3H3. The maximum absolute atomic E-state index is 10.6. The molecule has 0 bridgehead atoms. The molecule has 0 heterocycles. The molecule has 0 aromatic heterocycles. The van der Waals surface area contributed by atoms with Crippen LogP contribution in [0.3, 0.4) is 0 Å². The molecule has 0 fully saturated rings. The summed E-state index contributed by atoms with van der Waals surface area (Å²) in [5.41, 5.74) is 2.86. The van der Waals surface area contributed by atoms with Gasteiger partial charge in [0.1, 0.15) is 5.75 Å². The number of carbonyl (C=O) groups is 1. The molecule has 1 aromatic rings. The second kappa shape index (κ2) is 3.39. The third kappa shape index (κ3) is 1.47. The van der Waals surface area contributed by atoms with Crippen LogP contribution in [0.4, 0.5) is 0 Å². The van der Waals surface area contributed by atoms with Crippen molar-refractivity contribution < 1.29 is 9.53 Å². The molecule has 64 valence electrons. The summed E-state index contributed by atoms with van der Waals surface area (Å²) >= 11 is 0. The van der Waals surface area contributed by atoms with Crippen LogP contribution in [0.2, 0.25) is 0 Å². The molecule has 1 aromatic carbocycles. The van der Waals surface area contributed by atoms with Crippen molar-refractivity contribution in [1.29, 1.82) is 0 Å². The average molecular weight is 164 g/mol. The minimum absolute atomic E-state index is 0.612. The minimum Gasteiger partial charge on any atom is -0.496 e. The number of methoxy groups -OCH3 is 1. The molecular weight excluding hydrogens is 152 g/mol. The first kappa shape index (κ1) is 8.78. The Bertz CT molecular complexity index is 303. The molecule has 1 rings (SSSR count). The van der Waals surface area contributed by atoms with Crippen LogP contribution in [-0.2, 0) is 0 Å². The number of aryl methyl sites for hydroxylation is 2. The van der Waals surface area contributed by atoms with E-state index in [1.165, 1.54) is 0 Å². The number of ether oxygens (including phenoxy) is 1. The predicted octanol–water partition coefficient (Wildman–Crippen LogP) is 2.12. The summed E-state index contributed by atoms with van der Waals surface area (Å²) in [5, 5.41) is 0. The summed E-state index contributed by atoms with van der Waals surface area (Å²) in [6, 6.07) is 3.71. The fourth-order valence-electron chi connectivity index (χ4n) is 1.08. The Balaban J connectivity index is 3.28. The number of hydrogen-bond donors (Lipinski definition) is 0. The van der Waals surface area contributed by atoms with Crippen molar-refractivity contribution in [2.45, 2.75) is 13.8 Å². The minimum atomic E-state index is 0.612. The van der Waals surface area contributed by atoms with Crippen LogP contribution in [0.5, 0.6) is 5.75 Å². The Hall–Kier alpha value is -1.31. The zero-order chi connectivity index (χ0) is 9.14. The molecule has 0 amide bonds. The zero-order valence-electron chi connectivity index (χ0n) is 7.55. The number of benzene rings is 1. The van der Waals surface area contributed by atoms with E-state index in [-0.39, 0.29) is 0 Å². The molecule has 0 atom stereocenters. The molecule has 2 heteroatoms. The van der Waals surface area contributed by atoms with E-state index in [0.717, 1.165) is 17.4 Å². The summed E-state index contributed by atoms with van der Waals surface area (Å²) in [4.78, 5) is 10.6. The van der Waals surface area contributed by atoms with Gasteiger partial charge in [0.2, 0.25) is 0 Å². The molecule has 0 aliphatic rings. The van der Waals surface area contributed by atoms with Gasteiger partial charge in [0.15, 0.2) is 6.29 Å². The molecule has 0 spiro atoms. The van der Waals surface area contributed by atoms with Gasteiger partial charge in [-0.1, -0.05) is 0 Å². The van der Waals surface area contributed by atoms with Crippen LogP contribution in [0, 0.1) is 13.8 Å². The van der Waals surface area contributed by atoms with Gasteiger partial charge >= 0.3 is 0 Å². The SMILES string of the molecule is COc1cc(C)c(C)cc1C=O. The maximum atomic E-state index is 10.6. The van der Waals surface area contributed by atoms with Gasteiger partial charge in [0.25, 0.3) is 0 Å². The van der Waals surface area contributed by atoms with E-state index in [2.05, 4.69) is 0 Å². The fraction of sp³-hybridized carbons (Fsp3) is 0.300. The lowest BCUT2D eigenvalue weighted by atomic mass is 10.1. The average Bonchev–Trinajstić information content (AvgIpc) is 2.09. The van der Waals surface area contributed by atoms with Crippen molar-refractivity contribution in [2.24, 2.45) is 0 Å². The first-order valence-corrected chi connectivity index (χ1v) is 3.79. The Labute approximate surface area is 72.2 Å². The zero-order valence-corrected chi connectivity index (χ0v) is 7.55. The van der Waals surface area contributed by atoms with Crippen LogP contribution in [0.15, 0.2) is 12.1 Å². The first-order valence-electron chi connectivity index (χ1n) is 3.79. The quantitative estimate of drug-likeness (QED) is 0.626. The van der Waals surface area contributed by atoms with Crippen LogP contribution < -0.4 is 4.74 Å². The molecule has 0 aliphatic heterocycles. The largest absolute Gasteiger partial charge is 0.496 e. The van der Waals surface area contributed by atoms with E-state index < -0.39 is 0 Å². The van der Waals surface area contributed by atoms with Crippen molar-refractivity contribution in [3.63, 3.8) is 0 Å². The maximum Gasteiger partial charge on any atom is 0.153 e. The monoisotopic (exact) mass is 164 g/mol. The molecule has 0 unspecified atom stereocenters. The summed E-state index contributed by atoms with van der Waals surface area (Å²) in [6.07, 6.45) is 0.811. The van der Waals surface area contributed by atoms with Crippen molar-refractivity contribution >= 4 is 6.29 Å². The second-order valence-corrected chi connectivity index (χ2v) is 2.80. The highest BCUT2D eigenvalue weighted by Gasteiger charge is 2.03. The van der Waals surface area contributed by atoms with E-state index in [1.807, 2.05) is 26.0 Å². The second-order valence-electron chi connectivity index (χ2n) is 2.80. The van der Waals surface area contributed by atoms with Crippen LogP contribution in [-0.4, -0.2) is 13.4 Å². The fourth-order valence-corrected chi connectivity index (χ4v) is 1.08. The first-order chi connectivity index (χ1) is 5.69. The number of aldehydes is 1. The molecule has 0 aliphatic carbocycles. The lowest BCUT2D eigenvalue weighted by Gasteiger charge is -2.06. The molecule has 2 nitrogen and oxygen atoms in total. The van der Waals surface area contributed by atoms with Gasteiger partial charge in [-0.2, -0.15) is 0 Å². The third-order valence-corrected chi connectivity index (χ3v) is 1.97. The Morgan fingerprint density at radius 2 is 1.83 bits per heavy atom. The molecule has 0 radical (unpaired) electrons. The van der Waals surface area contributed by atoms with Gasteiger partial charge in [-0.3, -0.25) is 4.79 Å². The summed E-state index contributed by atoms with van der Waals surface area (Å²) < 4.78 is 5.04. The van der Waals surface area contributed by atoms with E-state index in [0.29, 0.717) is 11.3 Å². The molecule has 12 heavy (non-hydrogen) atoms. The van der Waals surface area contributed by atoms with Crippen LogP contribution in [0.1, 0.15) is 21.5 Å². The Morgan fingerprint density at radius 1 is 1.25 bits per heavy atom. The summed E-state index contributed by atoms with van der Waals surface area (Å²) in [7, 11) is 1.57. The van der Waals surface area contributed by atoms with Crippen LogP contribution in [0.25, 0.3) is 0 Å². The summed E-state index contributed by atoms with van der Waals surface area (Å²) in [5.74, 6) is 0.646. The van der Waals surface area contributed by atoms with Crippen molar-refractivity contribution in [3.8, 4) is 5.75 Å². The highest BCUT2D eigenvalue weighted by molar-refractivity contribution is 5.80. The molecule has 0 saturated carbocycles. The highest BCUT2D eigenvalue weighted by Crippen LogP contribution is 2.20. The van der Waals surface area contributed by atoms with Gasteiger partial charge in [-0.25, -0.2) is 0 Å². The van der Waals surface area contributed by atoms with Gasteiger partial charge in [0.05, 0.1) is 12.7 Å². The van der Waals surface area contributed by atoms with E-state index in [9.17, 15) is 4.79 Å². The van der Waals surface area contributed by atoms with Gasteiger partial charge < -0.3 is 4.74 Å². The smallest absolute Gasteiger partial charge is 0.153 e. The third-order valence-electron chi connectivity index (χ3n) is 1.97. The number of rotatable bonds is 2. The van der Waals surface area contributed by atoms with Gasteiger partial charge in [-0.15, -0.1) is 0 Å². The van der Waals surface area contributed by atoms with Crippen molar-refractivity contribution in [1.82, 2.24) is 0 Å².